The summed E-state index contributed by atoms with van der Waals surface area (Å²) in [5.41, 5.74) is 2.25. The van der Waals surface area contributed by atoms with Crippen molar-refractivity contribution in [1.82, 2.24) is 4.98 Å². The summed E-state index contributed by atoms with van der Waals surface area (Å²) in [7, 11) is 0. The molecule has 1 unspecified atom stereocenters. The molecule has 0 fully saturated rings. The monoisotopic (exact) mass is 236 g/mol. The molecular weight excluding hydrogens is 220 g/mol. The van der Waals surface area contributed by atoms with Crippen molar-refractivity contribution in [3.63, 3.8) is 0 Å². The molecule has 0 aromatic carbocycles. The molecule has 0 radical (unpaired) electrons. The first-order valence-corrected chi connectivity index (χ1v) is 6.20. The molecule has 4 heteroatoms. The van der Waals surface area contributed by atoms with Crippen LogP contribution >= 0.6 is 11.3 Å². The second-order valence-electron chi connectivity index (χ2n) is 4.03. The molecule has 0 aliphatic heterocycles. The fourth-order valence-corrected chi connectivity index (χ4v) is 2.54. The predicted molar refractivity (Wildman–Crippen MR) is 67.1 cm³/mol. The number of nitrogens with zero attached hydrogens (tertiary/aromatic N) is 1. The van der Waals surface area contributed by atoms with Gasteiger partial charge < -0.3 is 9.73 Å². The van der Waals surface area contributed by atoms with E-state index in [9.17, 15) is 0 Å². The van der Waals surface area contributed by atoms with Crippen molar-refractivity contribution in [2.24, 2.45) is 0 Å². The average molecular weight is 236 g/mol. The van der Waals surface area contributed by atoms with Gasteiger partial charge in [-0.1, -0.05) is 0 Å². The Labute approximate surface area is 99.5 Å². The molecule has 0 aliphatic carbocycles. The topological polar surface area (TPSA) is 38.1 Å². The minimum atomic E-state index is 0.225. The van der Waals surface area contributed by atoms with Crippen LogP contribution in [0.4, 0.5) is 5.13 Å². The van der Waals surface area contributed by atoms with Gasteiger partial charge in [-0.2, -0.15) is 0 Å². The zero-order valence-electron chi connectivity index (χ0n) is 10.00. The Morgan fingerprint density at radius 2 is 2.12 bits per heavy atom. The van der Waals surface area contributed by atoms with Gasteiger partial charge in [0.1, 0.15) is 11.5 Å². The van der Waals surface area contributed by atoms with Gasteiger partial charge in [-0.05, 0) is 33.8 Å². The number of anilines is 1. The van der Waals surface area contributed by atoms with E-state index in [1.807, 2.05) is 26.2 Å². The van der Waals surface area contributed by atoms with Crippen molar-refractivity contribution in [3.8, 4) is 0 Å². The second kappa shape index (κ2) is 4.29. The zero-order valence-corrected chi connectivity index (χ0v) is 10.8. The molecule has 0 spiro atoms. The molecule has 2 heterocycles. The van der Waals surface area contributed by atoms with E-state index in [2.05, 4.69) is 23.3 Å². The van der Waals surface area contributed by atoms with Gasteiger partial charge in [-0.15, -0.1) is 11.3 Å². The maximum atomic E-state index is 5.52. The van der Waals surface area contributed by atoms with Crippen molar-refractivity contribution < 1.29 is 4.42 Å². The second-order valence-corrected chi connectivity index (χ2v) is 4.89. The van der Waals surface area contributed by atoms with Crippen LogP contribution in [-0.2, 0) is 0 Å². The molecule has 0 saturated heterocycles. The molecule has 2 aromatic rings. The Balaban J connectivity index is 2.14. The lowest BCUT2D eigenvalue weighted by Gasteiger charge is -2.11. The van der Waals surface area contributed by atoms with Crippen molar-refractivity contribution >= 4 is 16.5 Å². The van der Waals surface area contributed by atoms with E-state index >= 15 is 0 Å². The summed E-state index contributed by atoms with van der Waals surface area (Å²) in [6.45, 7) is 8.08. The first-order chi connectivity index (χ1) is 7.56. The lowest BCUT2D eigenvalue weighted by Crippen LogP contribution is -2.06. The van der Waals surface area contributed by atoms with Crippen molar-refractivity contribution in [1.29, 1.82) is 0 Å². The van der Waals surface area contributed by atoms with E-state index in [1.165, 1.54) is 5.56 Å². The van der Waals surface area contributed by atoms with Crippen LogP contribution in [-0.4, -0.2) is 4.98 Å². The fraction of sp³-hybridized carbons (Fsp3) is 0.417. The van der Waals surface area contributed by atoms with Crippen LogP contribution in [0, 0.1) is 20.8 Å². The Kier molecular flexibility index (Phi) is 3.01. The van der Waals surface area contributed by atoms with Crippen LogP contribution in [0.2, 0.25) is 0 Å². The first-order valence-electron chi connectivity index (χ1n) is 5.32. The van der Waals surface area contributed by atoms with Crippen LogP contribution in [0.15, 0.2) is 15.9 Å². The molecule has 2 rings (SSSR count). The third-order valence-corrected chi connectivity index (χ3v) is 3.40. The van der Waals surface area contributed by atoms with E-state index in [4.69, 9.17) is 4.42 Å². The number of aromatic nitrogens is 1. The smallest absolute Gasteiger partial charge is 0.183 e. The SMILES string of the molecule is Cc1csc(NC(C)c2cc(C)oc2C)n1. The van der Waals surface area contributed by atoms with Crippen molar-refractivity contribution in [3.05, 3.63) is 34.2 Å². The molecule has 0 bridgehead atoms. The molecule has 86 valence electrons. The van der Waals surface area contributed by atoms with Gasteiger partial charge >= 0.3 is 0 Å². The average Bonchev–Trinajstić information content (AvgIpc) is 2.73. The Hall–Kier alpha value is -1.29. The molecule has 3 nitrogen and oxygen atoms in total. The third-order valence-electron chi connectivity index (χ3n) is 2.50. The summed E-state index contributed by atoms with van der Waals surface area (Å²) in [5.74, 6) is 1.93. The highest BCUT2D eigenvalue weighted by Crippen LogP contribution is 2.26. The minimum Gasteiger partial charge on any atom is -0.466 e. The summed E-state index contributed by atoms with van der Waals surface area (Å²) in [4.78, 5) is 4.39. The van der Waals surface area contributed by atoms with Crippen LogP contribution < -0.4 is 5.32 Å². The Morgan fingerprint density at radius 1 is 1.38 bits per heavy atom. The van der Waals surface area contributed by atoms with E-state index in [0.29, 0.717) is 0 Å². The summed E-state index contributed by atoms with van der Waals surface area (Å²) in [5, 5.41) is 6.39. The molecule has 1 atom stereocenters. The largest absolute Gasteiger partial charge is 0.466 e. The molecule has 2 aromatic heterocycles. The summed E-state index contributed by atoms with van der Waals surface area (Å²) in [6, 6.07) is 2.30. The first kappa shape index (κ1) is 11.2. The number of furan rings is 1. The number of thiazole rings is 1. The summed E-state index contributed by atoms with van der Waals surface area (Å²) in [6.07, 6.45) is 0. The van der Waals surface area contributed by atoms with Gasteiger partial charge in [-0.25, -0.2) is 4.98 Å². The molecule has 0 saturated carbocycles. The summed E-state index contributed by atoms with van der Waals surface area (Å²) >= 11 is 1.63. The van der Waals surface area contributed by atoms with Gasteiger partial charge in [-0.3, -0.25) is 0 Å². The standard InChI is InChI=1S/C12H16N2OS/c1-7-6-16-12(13-7)14-9(3)11-5-8(2)15-10(11)4/h5-6,9H,1-4H3,(H,13,14). The van der Waals surface area contributed by atoms with Gasteiger partial charge in [0.2, 0.25) is 0 Å². The number of aryl methyl sites for hydroxylation is 3. The van der Waals surface area contributed by atoms with Gasteiger partial charge in [0.05, 0.1) is 11.7 Å². The Morgan fingerprint density at radius 3 is 2.62 bits per heavy atom. The normalized spacial score (nSPS) is 12.8. The number of hydrogen-bond donors (Lipinski definition) is 1. The van der Waals surface area contributed by atoms with E-state index in [1.54, 1.807) is 11.3 Å². The van der Waals surface area contributed by atoms with Crippen LogP contribution in [0.5, 0.6) is 0 Å². The minimum absolute atomic E-state index is 0.225. The fourth-order valence-electron chi connectivity index (χ4n) is 1.76. The van der Waals surface area contributed by atoms with Gasteiger partial charge in [0, 0.05) is 10.9 Å². The maximum Gasteiger partial charge on any atom is 0.183 e. The Bertz CT molecular complexity index is 487. The number of rotatable bonds is 3. The highest BCUT2D eigenvalue weighted by atomic mass is 32.1. The number of nitrogens with one attached hydrogen (secondary N) is 1. The highest BCUT2D eigenvalue weighted by Gasteiger charge is 2.13. The summed E-state index contributed by atoms with van der Waals surface area (Å²) < 4.78 is 5.52. The zero-order chi connectivity index (χ0) is 11.7. The highest BCUT2D eigenvalue weighted by molar-refractivity contribution is 7.13. The molecule has 0 aliphatic rings. The molecule has 1 N–H and O–H groups in total. The lowest BCUT2D eigenvalue weighted by molar-refractivity contribution is 0.500. The van der Waals surface area contributed by atoms with Gasteiger partial charge in [0.25, 0.3) is 0 Å². The molecular formula is C12H16N2OS. The van der Waals surface area contributed by atoms with Crippen LogP contribution in [0.3, 0.4) is 0 Å². The van der Waals surface area contributed by atoms with E-state index in [0.717, 1.165) is 22.3 Å². The van der Waals surface area contributed by atoms with Crippen LogP contribution in [0.1, 0.15) is 35.7 Å². The van der Waals surface area contributed by atoms with E-state index in [-0.39, 0.29) is 6.04 Å². The number of hydrogen-bond acceptors (Lipinski definition) is 4. The predicted octanol–water partition coefficient (Wildman–Crippen LogP) is 3.83. The molecule has 16 heavy (non-hydrogen) atoms. The van der Waals surface area contributed by atoms with E-state index < -0.39 is 0 Å². The van der Waals surface area contributed by atoms with Crippen molar-refractivity contribution in [2.75, 3.05) is 5.32 Å². The molecule has 0 amide bonds. The van der Waals surface area contributed by atoms with Gasteiger partial charge in [0.15, 0.2) is 5.13 Å². The van der Waals surface area contributed by atoms with Crippen molar-refractivity contribution in [2.45, 2.75) is 33.7 Å². The quantitative estimate of drug-likeness (QED) is 0.880. The third kappa shape index (κ3) is 2.27. The lowest BCUT2D eigenvalue weighted by atomic mass is 10.1. The maximum absolute atomic E-state index is 5.52. The van der Waals surface area contributed by atoms with Crippen LogP contribution in [0.25, 0.3) is 0 Å².